The maximum absolute atomic E-state index is 11.7. The fraction of sp³-hybridized carbons (Fsp3) is 0.538. The first-order valence-corrected chi connectivity index (χ1v) is 7.32. The summed E-state index contributed by atoms with van der Waals surface area (Å²) in [6.07, 6.45) is 0.921. The van der Waals surface area contributed by atoms with Crippen LogP contribution >= 0.6 is 0 Å². The number of hydrogen-bond acceptors (Lipinski definition) is 3. The van der Waals surface area contributed by atoms with E-state index in [0.717, 1.165) is 23.3 Å². The summed E-state index contributed by atoms with van der Waals surface area (Å²) in [6.45, 7) is 4.04. The summed E-state index contributed by atoms with van der Waals surface area (Å²) in [5, 5.41) is 0. The first-order valence-electron chi connectivity index (χ1n) is 5.83. The lowest BCUT2D eigenvalue weighted by molar-refractivity contribution is 0.407. The van der Waals surface area contributed by atoms with Crippen LogP contribution in [0.3, 0.4) is 0 Å². The number of ether oxygens (including phenoxy) is 1. The van der Waals surface area contributed by atoms with Gasteiger partial charge in [-0.25, -0.2) is 0 Å². The number of methoxy groups -OCH3 is 1. The molecule has 0 fully saturated rings. The van der Waals surface area contributed by atoms with Crippen molar-refractivity contribution < 1.29 is 8.95 Å². The van der Waals surface area contributed by atoms with Crippen molar-refractivity contribution in [3.05, 3.63) is 29.3 Å². The molecule has 0 aliphatic carbocycles. The van der Waals surface area contributed by atoms with Crippen LogP contribution in [0.4, 0.5) is 0 Å². The molecule has 3 nitrogen and oxygen atoms in total. The molecule has 0 spiro atoms. The van der Waals surface area contributed by atoms with Crippen LogP contribution in [0.5, 0.6) is 5.75 Å². The zero-order valence-electron chi connectivity index (χ0n) is 10.7. The third kappa shape index (κ3) is 4.13. The first kappa shape index (κ1) is 14.2. The Kier molecular flexibility index (Phi) is 5.65. The minimum atomic E-state index is -0.848. The lowest BCUT2D eigenvalue weighted by atomic mass is 10.1. The van der Waals surface area contributed by atoms with Crippen LogP contribution in [-0.4, -0.2) is 22.8 Å². The molecule has 1 aromatic carbocycles. The van der Waals surface area contributed by atoms with Crippen molar-refractivity contribution in [2.45, 2.75) is 26.3 Å². The van der Waals surface area contributed by atoms with Gasteiger partial charge in [0.05, 0.1) is 7.11 Å². The van der Waals surface area contributed by atoms with Crippen LogP contribution in [0.1, 0.15) is 30.5 Å². The molecule has 0 aliphatic rings. The van der Waals surface area contributed by atoms with Crippen LogP contribution in [0, 0.1) is 6.92 Å². The fourth-order valence-electron chi connectivity index (χ4n) is 1.74. The average molecular weight is 255 g/mol. The molecule has 2 atom stereocenters. The Bertz CT molecular complexity index is 393. The van der Waals surface area contributed by atoms with Gasteiger partial charge in [0.15, 0.2) is 0 Å². The van der Waals surface area contributed by atoms with Gasteiger partial charge in [0.2, 0.25) is 0 Å². The number of aryl methyl sites for hydroxylation is 1. The largest absolute Gasteiger partial charge is 0.496 e. The molecule has 0 saturated carbocycles. The van der Waals surface area contributed by atoms with Crippen LogP contribution < -0.4 is 10.5 Å². The summed E-state index contributed by atoms with van der Waals surface area (Å²) in [5.41, 5.74) is 8.18. The zero-order chi connectivity index (χ0) is 12.8. The number of hydrogen-bond donors (Lipinski definition) is 1. The van der Waals surface area contributed by atoms with Gasteiger partial charge in [0.25, 0.3) is 0 Å². The molecule has 2 N–H and O–H groups in total. The molecule has 0 saturated heterocycles. The molecule has 0 amide bonds. The van der Waals surface area contributed by atoms with E-state index in [1.807, 2.05) is 32.0 Å². The third-order valence-corrected chi connectivity index (χ3v) is 4.18. The van der Waals surface area contributed by atoms with Crippen molar-refractivity contribution in [2.75, 3.05) is 18.6 Å². The lowest BCUT2D eigenvalue weighted by Crippen LogP contribution is -2.20. The summed E-state index contributed by atoms with van der Waals surface area (Å²) in [5.74, 6) is 1.98. The van der Waals surface area contributed by atoms with E-state index < -0.39 is 10.8 Å². The minimum Gasteiger partial charge on any atom is -0.496 e. The molecule has 0 aromatic heterocycles. The van der Waals surface area contributed by atoms with Crippen molar-refractivity contribution in [1.29, 1.82) is 0 Å². The Morgan fingerprint density at radius 1 is 1.47 bits per heavy atom. The fourth-order valence-corrected chi connectivity index (χ4v) is 2.95. The second-order valence-electron chi connectivity index (χ2n) is 4.16. The highest BCUT2D eigenvalue weighted by molar-refractivity contribution is 7.85. The second-order valence-corrected chi connectivity index (χ2v) is 5.78. The summed E-state index contributed by atoms with van der Waals surface area (Å²) < 4.78 is 17.0. The molecule has 96 valence electrons. The minimum absolute atomic E-state index is 0.225. The van der Waals surface area contributed by atoms with Crippen molar-refractivity contribution >= 4 is 10.8 Å². The normalized spacial score (nSPS) is 14.4. The Hall–Kier alpha value is -0.870. The highest BCUT2D eigenvalue weighted by atomic mass is 32.2. The molecule has 0 aliphatic heterocycles. The molecular formula is C13H21NO2S. The topological polar surface area (TPSA) is 52.3 Å². The van der Waals surface area contributed by atoms with E-state index in [4.69, 9.17) is 10.5 Å². The Labute approximate surface area is 106 Å². The van der Waals surface area contributed by atoms with Gasteiger partial charge in [-0.05, 0) is 19.4 Å². The quantitative estimate of drug-likeness (QED) is 0.847. The zero-order valence-corrected chi connectivity index (χ0v) is 11.5. The number of nitrogens with two attached hydrogens (primary N) is 1. The maximum Gasteiger partial charge on any atom is 0.123 e. The second kappa shape index (κ2) is 6.77. The summed E-state index contributed by atoms with van der Waals surface area (Å²) >= 11 is 0. The van der Waals surface area contributed by atoms with Crippen molar-refractivity contribution in [1.82, 2.24) is 0 Å². The lowest BCUT2D eigenvalue weighted by Gasteiger charge is -2.16. The molecule has 0 bridgehead atoms. The predicted molar refractivity (Wildman–Crippen MR) is 72.8 cm³/mol. The molecule has 4 heteroatoms. The van der Waals surface area contributed by atoms with Crippen LogP contribution in [0.25, 0.3) is 0 Å². The van der Waals surface area contributed by atoms with Crippen LogP contribution in [0.2, 0.25) is 0 Å². The van der Waals surface area contributed by atoms with Gasteiger partial charge in [-0.15, -0.1) is 0 Å². The van der Waals surface area contributed by atoms with Crippen LogP contribution in [-0.2, 0) is 10.8 Å². The number of rotatable bonds is 6. The molecule has 1 rings (SSSR count). The molecular weight excluding hydrogens is 234 g/mol. The number of benzene rings is 1. The van der Waals surface area contributed by atoms with E-state index >= 15 is 0 Å². The Balaban J connectivity index is 2.83. The van der Waals surface area contributed by atoms with E-state index in [1.54, 1.807) is 7.11 Å². The Morgan fingerprint density at radius 2 is 2.18 bits per heavy atom. The van der Waals surface area contributed by atoms with Crippen molar-refractivity contribution in [3.8, 4) is 5.75 Å². The van der Waals surface area contributed by atoms with Gasteiger partial charge in [-0.2, -0.15) is 0 Å². The molecule has 2 unspecified atom stereocenters. The maximum atomic E-state index is 11.7. The highest BCUT2D eigenvalue weighted by Gasteiger charge is 2.14. The third-order valence-electron chi connectivity index (χ3n) is 2.58. The first-order chi connectivity index (χ1) is 8.08. The summed E-state index contributed by atoms with van der Waals surface area (Å²) in [7, 11) is 0.781. The molecule has 17 heavy (non-hydrogen) atoms. The smallest absolute Gasteiger partial charge is 0.123 e. The van der Waals surface area contributed by atoms with E-state index in [1.165, 1.54) is 0 Å². The Morgan fingerprint density at radius 3 is 2.76 bits per heavy atom. The van der Waals surface area contributed by atoms with Crippen molar-refractivity contribution in [2.24, 2.45) is 5.73 Å². The molecule has 1 aromatic rings. The summed E-state index contributed by atoms with van der Waals surface area (Å²) in [6, 6.07) is 5.68. The highest BCUT2D eigenvalue weighted by Crippen LogP contribution is 2.25. The predicted octanol–water partition coefficient (Wildman–Crippen LogP) is 2.16. The van der Waals surface area contributed by atoms with Crippen LogP contribution in [0.15, 0.2) is 18.2 Å². The van der Waals surface area contributed by atoms with E-state index in [0.29, 0.717) is 11.5 Å². The van der Waals surface area contributed by atoms with Crippen molar-refractivity contribution in [3.63, 3.8) is 0 Å². The van der Waals surface area contributed by atoms with E-state index in [2.05, 4.69) is 0 Å². The van der Waals surface area contributed by atoms with Gasteiger partial charge < -0.3 is 10.5 Å². The molecule has 0 radical (unpaired) electrons. The average Bonchev–Trinajstić information content (AvgIpc) is 2.29. The van der Waals surface area contributed by atoms with E-state index in [9.17, 15) is 4.21 Å². The molecule has 0 heterocycles. The van der Waals surface area contributed by atoms with E-state index in [-0.39, 0.29) is 6.04 Å². The summed E-state index contributed by atoms with van der Waals surface area (Å²) in [4.78, 5) is 0. The van der Waals surface area contributed by atoms with Gasteiger partial charge >= 0.3 is 0 Å². The van der Waals surface area contributed by atoms with Gasteiger partial charge in [-0.1, -0.05) is 24.6 Å². The van der Waals surface area contributed by atoms with Gasteiger partial charge in [0, 0.05) is 33.9 Å². The van der Waals surface area contributed by atoms with Gasteiger partial charge in [-0.3, -0.25) is 4.21 Å². The van der Waals surface area contributed by atoms with Gasteiger partial charge in [0.1, 0.15) is 5.75 Å². The monoisotopic (exact) mass is 255 g/mol. The SMILES string of the molecule is CCCS(=O)CC(N)c1cc(C)ccc1OC. The standard InChI is InChI=1S/C13H21NO2S/c1-4-7-17(15)9-12(14)11-8-10(2)5-6-13(11)16-3/h5-6,8,12H,4,7,9,14H2,1-3H3.